The zero-order chi connectivity index (χ0) is 20.5. The molecule has 5 rings (SSSR count). The molecule has 0 saturated heterocycles. The highest BCUT2D eigenvalue weighted by Crippen LogP contribution is 2.32. The molecule has 3 heterocycles. The number of hydrogen-bond donors (Lipinski definition) is 0. The average Bonchev–Trinajstić information content (AvgIpc) is 3.42. The largest absolute Gasteiger partial charge is 0.497 e. The quantitative estimate of drug-likeness (QED) is 0.469. The summed E-state index contributed by atoms with van der Waals surface area (Å²) < 4.78 is 14.9. The third kappa shape index (κ3) is 3.28. The SMILES string of the molecule is COc1ccc(CC2=CCn3cccc3-c3cc(-c4ccc(OC)cc4)nn32)cc1. The minimum absolute atomic E-state index is 0.797. The third-order valence-corrected chi connectivity index (χ3v) is 5.53. The molecule has 30 heavy (non-hydrogen) atoms. The lowest BCUT2D eigenvalue weighted by molar-refractivity contribution is 0.414. The molecule has 1 aliphatic heterocycles. The van der Waals surface area contributed by atoms with Crippen LogP contribution in [-0.4, -0.2) is 28.6 Å². The molecule has 0 spiro atoms. The second-order valence-electron chi connectivity index (χ2n) is 7.32. The van der Waals surface area contributed by atoms with E-state index in [-0.39, 0.29) is 0 Å². The van der Waals surface area contributed by atoms with E-state index < -0.39 is 0 Å². The maximum atomic E-state index is 5.29. The maximum Gasteiger partial charge on any atom is 0.118 e. The first-order valence-electron chi connectivity index (χ1n) is 9.97. The Morgan fingerprint density at radius 2 is 1.57 bits per heavy atom. The van der Waals surface area contributed by atoms with Crippen LogP contribution in [0.15, 0.2) is 79.0 Å². The Kier molecular flexibility index (Phi) is 4.64. The van der Waals surface area contributed by atoms with Crippen LogP contribution in [0.2, 0.25) is 0 Å². The molecule has 0 amide bonds. The number of nitrogens with zero attached hydrogens (tertiary/aromatic N) is 3. The summed E-state index contributed by atoms with van der Waals surface area (Å²) >= 11 is 0. The second kappa shape index (κ2) is 7.59. The first kappa shape index (κ1) is 18.3. The van der Waals surface area contributed by atoms with Gasteiger partial charge in [0.25, 0.3) is 0 Å². The highest BCUT2D eigenvalue weighted by Gasteiger charge is 2.20. The number of fused-ring (bicyclic) bond motifs is 3. The third-order valence-electron chi connectivity index (χ3n) is 5.53. The van der Waals surface area contributed by atoms with Crippen LogP contribution in [0.4, 0.5) is 0 Å². The van der Waals surface area contributed by atoms with E-state index in [9.17, 15) is 0 Å². The normalized spacial score (nSPS) is 12.5. The molecule has 2 aromatic heterocycles. The number of benzene rings is 2. The van der Waals surface area contributed by atoms with Crippen molar-refractivity contribution in [3.8, 4) is 34.1 Å². The van der Waals surface area contributed by atoms with Crippen LogP contribution in [0.3, 0.4) is 0 Å². The highest BCUT2D eigenvalue weighted by molar-refractivity contribution is 5.72. The lowest BCUT2D eigenvalue weighted by Gasteiger charge is -2.10. The van der Waals surface area contributed by atoms with Crippen LogP contribution in [0.25, 0.3) is 28.3 Å². The van der Waals surface area contributed by atoms with Crippen molar-refractivity contribution in [1.29, 1.82) is 0 Å². The molecule has 0 atom stereocenters. The van der Waals surface area contributed by atoms with E-state index in [1.165, 1.54) is 17.0 Å². The molecule has 4 aromatic rings. The van der Waals surface area contributed by atoms with E-state index in [2.05, 4.69) is 51.9 Å². The molecule has 0 fully saturated rings. The van der Waals surface area contributed by atoms with Gasteiger partial charge >= 0.3 is 0 Å². The molecule has 0 saturated carbocycles. The van der Waals surface area contributed by atoms with Gasteiger partial charge in [0.2, 0.25) is 0 Å². The molecular formula is C25H23N3O2. The molecule has 5 nitrogen and oxygen atoms in total. The van der Waals surface area contributed by atoms with E-state index in [1.54, 1.807) is 14.2 Å². The fraction of sp³-hybridized carbons (Fsp3) is 0.160. The average molecular weight is 397 g/mol. The Bertz CT molecular complexity index is 1200. The van der Waals surface area contributed by atoms with Crippen molar-refractivity contribution in [2.45, 2.75) is 13.0 Å². The minimum Gasteiger partial charge on any atom is -0.497 e. The van der Waals surface area contributed by atoms with E-state index in [1.807, 2.05) is 36.4 Å². The van der Waals surface area contributed by atoms with Gasteiger partial charge < -0.3 is 14.0 Å². The molecular weight excluding hydrogens is 374 g/mol. The topological polar surface area (TPSA) is 41.2 Å². The summed E-state index contributed by atoms with van der Waals surface area (Å²) in [5.74, 6) is 1.71. The van der Waals surface area contributed by atoms with E-state index in [0.717, 1.165) is 41.4 Å². The molecule has 5 heteroatoms. The smallest absolute Gasteiger partial charge is 0.118 e. The predicted octanol–water partition coefficient (Wildman–Crippen LogP) is 5.13. The number of methoxy groups -OCH3 is 2. The van der Waals surface area contributed by atoms with Gasteiger partial charge in [0.1, 0.15) is 11.5 Å². The Morgan fingerprint density at radius 3 is 2.27 bits per heavy atom. The van der Waals surface area contributed by atoms with E-state index in [0.29, 0.717) is 0 Å². The first-order chi connectivity index (χ1) is 14.7. The second-order valence-corrected chi connectivity index (χ2v) is 7.32. The number of allylic oxidation sites excluding steroid dienone is 2. The summed E-state index contributed by atoms with van der Waals surface area (Å²) in [7, 11) is 3.37. The van der Waals surface area contributed by atoms with Gasteiger partial charge in [-0.05, 0) is 66.2 Å². The summed E-state index contributed by atoms with van der Waals surface area (Å²) in [5, 5.41) is 5.00. The Labute approximate surface area is 175 Å². The zero-order valence-corrected chi connectivity index (χ0v) is 17.1. The minimum atomic E-state index is 0.797. The van der Waals surface area contributed by atoms with Crippen molar-refractivity contribution in [3.05, 3.63) is 84.6 Å². The Balaban J connectivity index is 1.56. The summed E-state index contributed by atoms with van der Waals surface area (Å²) in [4.78, 5) is 0. The standard InChI is InChI=1S/C25H23N3O2/c1-29-21-9-5-18(6-10-21)16-20-13-15-27-14-3-4-24(27)25-17-23(26-28(20)25)19-7-11-22(30-2)12-8-19/h3-14,17H,15-16H2,1-2H3. The van der Waals surface area contributed by atoms with Crippen molar-refractivity contribution in [3.63, 3.8) is 0 Å². The highest BCUT2D eigenvalue weighted by atomic mass is 16.5. The van der Waals surface area contributed by atoms with Crippen molar-refractivity contribution in [1.82, 2.24) is 14.3 Å². The number of ether oxygens (including phenoxy) is 2. The molecule has 2 aromatic carbocycles. The fourth-order valence-corrected chi connectivity index (χ4v) is 3.88. The van der Waals surface area contributed by atoms with Crippen LogP contribution >= 0.6 is 0 Å². The van der Waals surface area contributed by atoms with Gasteiger partial charge in [-0.3, -0.25) is 0 Å². The van der Waals surface area contributed by atoms with Gasteiger partial charge in [0.05, 0.1) is 31.3 Å². The number of rotatable bonds is 5. The molecule has 1 aliphatic rings. The van der Waals surface area contributed by atoms with Crippen LogP contribution in [-0.2, 0) is 13.0 Å². The van der Waals surface area contributed by atoms with Crippen LogP contribution in [0.1, 0.15) is 5.56 Å². The lowest BCUT2D eigenvalue weighted by atomic mass is 10.1. The van der Waals surface area contributed by atoms with Crippen molar-refractivity contribution in [2.24, 2.45) is 0 Å². The molecule has 150 valence electrons. The van der Waals surface area contributed by atoms with Gasteiger partial charge in [-0.2, -0.15) is 5.10 Å². The lowest BCUT2D eigenvalue weighted by Crippen LogP contribution is -2.04. The van der Waals surface area contributed by atoms with Gasteiger partial charge in [-0.1, -0.05) is 12.1 Å². The molecule has 0 unspecified atom stereocenters. The Hall–Kier alpha value is -3.73. The summed E-state index contributed by atoms with van der Waals surface area (Å²) in [6, 6.07) is 22.7. The van der Waals surface area contributed by atoms with Crippen molar-refractivity contribution in [2.75, 3.05) is 14.2 Å². The number of hydrogen-bond acceptors (Lipinski definition) is 3. The van der Waals surface area contributed by atoms with Gasteiger partial charge in [0.15, 0.2) is 0 Å². The first-order valence-corrected chi connectivity index (χ1v) is 9.97. The van der Waals surface area contributed by atoms with E-state index in [4.69, 9.17) is 14.6 Å². The summed E-state index contributed by atoms with van der Waals surface area (Å²) in [6.07, 6.45) is 5.17. The molecule has 0 radical (unpaired) electrons. The van der Waals surface area contributed by atoms with Crippen molar-refractivity contribution >= 4 is 5.70 Å². The zero-order valence-electron chi connectivity index (χ0n) is 17.1. The maximum absolute atomic E-state index is 5.29. The fourth-order valence-electron chi connectivity index (χ4n) is 3.88. The molecule has 0 bridgehead atoms. The van der Waals surface area contributed by atoms with Gasteiger partial charge in [-0.25, -0.2) is 4.68 Å². The van der Waals surface area contributed by atoms with Crippen LogP contribution in [0.5, 0.6) is 11.5 Å². The molecule has 0 N–H and O–H groups in total. The predicted molar refractivity (Wildman–Crippen MR) is 119 cm³/mol. The molecule has 0 aliphatic carbocycles. The Morgan fingerprint density at radius 1 is 0.867 bits per heavy atom. The van der Waals surface area contributed by atoms with Crippen molar-refractivity contribution < 1.29 is 9.47 Å². The number of aromatic nitrogens is 3. The van der Waals surface area contributed by atoms with Gasteiger partial charge in [-0.15, -0.1) is 0 Å². The van der Waals surface area contributed by atoms with Gasteiger partial charge in [0, 0.05) is 30.4 Å². The van der Waals surface area contributed by atoms with Crippen LogP contribution < -0.4 is 9.47 Å². The van der Waals surface area contributed by atoms with Crippen LogP contribution in [0, 0.1) is 0 Å². The summed E-state index contributed by atoms with van der Waals surface area (Å²) in [5.41, 5.74) is 6.67. The summed E-state index contributed by atoms with van der Waals surface area (Å²) in [6.45, 7) is 0.828. The van der Waals surface area contributed by atoms with E-state index >= 15 is 0 Å². The monoisotopic (exact) mass is 397 g/mol.